The Morgan fingerprint density at radius 3 is 1.68 bits per heavy atom. The van der Waals surface area contributed by atoms with Crippen molar-refractivity contribution in [3.63, 3.8) is 0 Å². The van der Waals surface area contributed by atoms with Crippen LogP contribution in [0.4, 0.5) is 0 Å². The van der Waals surface area contributed by atoms with Crippen LogP contribution in [-0.4, -0.2) is 19.5 Å². The summed E-state index contributed by atoms with van der Waals surface area (Å²) < 4.78 is 2.40. The molecule has 0 atom stereocenters. The van der Waals surface area contributed by atoms with Crippen LogP contribution in [0.2, 0.25) is 0 Å². The summed E-state index contributed by atoms with van der Waals surface area (Å²) in [5.74, 6) is 1.93. The van der Waals surface area contributed by atoms with Crippen LogP contribution in [0, 0.1) is 0 Å². The lowest BCUT2D eigenvalue weighted by Crippen LogP contribution is -2.15. The Balaban J connectivity index is 1.02. The largest absolute Gasteiger partial charge is 0.309 e. The van der Waals surface area contributed by atoms with Crippen LogP contribution in [0.25, 0.3) is 106 Å². The molecule has 0 amide bonds. The smallest absolute Gasteiger partial charge is 0.164 e. The van der Waals surface area contributed by atoms with E-state index in [1.807, 2.05) is 6.07 Å². The highest BCUT2D eigenvalue weighted by Crippen LogP contribution is 2.49. The average Bonchev–Trinajstić information content (AvgIpc) is 3.78. The summed E-state index contributed by atoms with van der Waals surface area (Å²) in [6.45, 7) is 4.62. The van der Waals surface area contributed by atoms with E-state index in [0.29, 0.717) is 17.5 Å². The molecule has 0 unspecified atom stereocenters. The second kappa shape index (κ2) is 14.1. The fourth-order valence-electron chi connectivity index (χ4n) is 9.63. The monoisotopic (exact) mass is 792 g/mol. The minimum absolute atomic E-state index is 0.150. The van der Waals surface area contributed by atoms with Crippen molar-refractivity contribution in [3.05, 3.63) is 217 Å². The quantitative estimate of drug-likeness (QED) is 0.168. The molecule has 1 aliphatic rings. The van der Waals surface area contributed by atoms with E-state index in [1.165, 1.54) is 55.2 Å². The van der Waals surface area contributed by atoms with Gasteiger partial charge in [-0.3, -0.25) is 0 Å². The molecule has 0 bridgehead atoms. The van der Waals surface area contributed by atoms with Crippen LogP contribution in [0.1, 0.15) is 25.0 Å². The Kier molecular flexibility index (Phi) is 8.16. The van der Waals surface area contributed by atoms with Gasteiger partial charge in [0, 0.05) is 38.6 Å². The lowest BCUT2D eigenvalue weighted by atomic mass is 9.82. The molecule has 0 saturated heterocycles. The van der Waals surface area contributed by atoms with Gasteiger partial charge in [-0.25, -0.2) is 15.0 Å². The third-order valence-corrected chi connectivity index (χ3v) is 12.8. The lowest BCUT2D eigenvalue weighted by Gasteiger charge is -2.21. The van der Waals surface area contributed by atoms with E-state index >= 15 is 0 Å². The summed E-state index contributed by atoms with van der Waals surface area (Å²) in [5, 5.41) is 4.72. The van der Waals surface area contributed by atoms with Gasteiger partial charge in [-0.15, -0.1) is 0 Å². The van der Waals surface area contributed by atoms with Gasteiger partial charge >= 0.3 is 0 Å². The van der Waals surface area contributed by atoms with E-state index in [2.05, 4.69) is 219 Å². The summed E-state index contributed by atoms with van der Waals surface area (Å²) >= 11 is 0. The molecule has 4 nitrogen and oxygen atoms in total. The first-order valence-corrected chi connectivity index (χ1v) is 21.3. The predicted octanol–water partition coefficient (Wildman–Crippen LogP) is 14.8. The zero-order chi connectivity index (χ0) is 41.4. The van der Waals surface area contributed by atoms with Crippen molar-refractivity contribution in [1.29, 1.82) is 0 Å². The van der Waals surface area contributed by atoms with Gasteiger partial charge in [-0.2, -0.15) is 0 Å². The second-order valence-corrected chi connectivity index (χ2v) is 16.9. The maximum absolute atomic E-state index is 5.27. The molecule has 12 rings (SSSR count). The molecule has 9 aromatic carbocycles. The summed E-state index contributed by atoms with van der Waals surface area (Å²) in [6, 6.07) is 73.9. The molecule has 0 aliphatic heterocycles. The zero-order valence-corrected chi connectivity index (χ0v) is 34.4. The molecule has 0 spiro atoms. The highest BCUT2D eigenvalue weighted by Gasteiger charge is 2.35. The Morgan fingerprint density at radius 1 is 0.339 bits per heavy atom. The average molecular weight is 793 g/mol. The minimum Gasteiger partial charge on any atom is -0.309 e. The first-order valence-electron chi connectivity index (χ1n) is 21.3. The maximum Gasteiger partial charge on any atom is 0.164 e. The van der Waals surface area contributed by atoms with Crippen molar-refractivity contribution >= 4 is 32.6 Å². The highest BCUT2D eigenvalue weighted by molar-refractivity contribution is 6.14. The van der Waals surface area contributed by atoms with Gasteiger partial charge < -0.3 is 4.57 Å². The first-order chi connectivity index (χ1) is 30.5. The molecule has 0 fully saturated rings. The third-order valence-electron chi connectivity index (χ3n) is 12.8. The second-order valence-electron chi connectivity index (χ2n) is 16.9. The van der Waals surface area contributed by atoms with Crippen molar-refractivity contribution in [2.24, 2.45) is 0 Å². The molecule has 0 N–H and O–H groups in total. The van der Waals surface area contributed by atoms with Gasteiger partial charge in [0.2, 0.25) is 0 Å². The van der Waals surface area contributed by atoms with Gasteiger partial charge in [-0.1, -0.05) is 178 Å². The van der Waals surface area contributed by atoms with Crippen LogP contribution >= 0.6 is 0 Å². The molecule has 62 heavy (non-hydrogen) atoms. The molecule has 0 radical (unpaired) electrons. The number of benzene rings is 9. The van der Waals surface area contributed by atoms with Crippen LogP contribution in [0.5, 0.6) is 0 Å². The molecular weight excluding hydrogens is 753 g/mol. The molecule has 1 aliphatic carbocycles. The number of hydrogen-bond acceptors (Lipinski definition) is 3. The van der Waals surface area contributed by atoms with E-state index < -0.39 is 0 Å². The van der Waals surface area contributed by atoms with Crippen molar-refractivity contribution in [2.45, 2.75) is 19.3 Å². The SMILES string of the molecule is CC1(C)c2ccccc2-c2ccc(-c3nc(-c4ccc(-c5ccccc5)cc4)nc(-c4ccc5cc6c7ccccc7n(-c7cccc(-c8ccccc8)c7)c6cc5c4)n3)cc21. The van der Waals surface area contributed by atoms with E-state index in [0.717, 1.165) is 44.2 Å². The molecule has 11 aromatic rings. The normalized spacial score (nSPS) is 12.8. The van der Waals surface area contributed by atoms with Crippen LogP contribution in [0.15, 0.2) is 206 Å². The summed E-state index contributed by atoms with van der Waals surface area (Å²) in [6.07, 6.45) is 0. The van der Waals surface area contributed by atoms with Crippen LogP contribution in [0.3, 0.4) is 0 Å². The lowest BCUT2D eigenvalue weighted by molar-refractivity contribution is 0.660. The number of fused-ring (bicyclic) bond motifs is 7. The van der Waals surface area contributed by atoms with E-state index in [1.54, 1.807) is 0 Å². The molecule has 2 heterocycles. The molecular formula is C58H40N4. The topological polar surface area (TPSA) is 43.6 Å². The number of para-hydroxylation sites is 1. The number of rotatable bonds is 6. The Morgan fingerprint density at radius 2 is 0.903 bits per heavy atom. The van der Waals surface area contributed by atoms with Crippen molar-refractivity contribution in [2.75, 3.05) is 0 Å². The van der Waals surface area contributed by atoms with Gasteiger partial charge in [0.1, 0.15) is 0 Å². The van der Waals surface area contributed by atoms with Crippen LogP contribution in [-0.2, 0) is 5.41 Å². The Labute approximate surface area is 360 Å². The highest BCUT2D eigenvalue weighted by atomic mass is 15.0. The van der Waals surface area contributed by atoms with Crippen molar-refractivity contribution < 1.29 is 0 Å². The standard InChI is InChI=1S/C58H40N4/c1-58(2)51-22-11-9-20-47(51)48-31-30-44(35-52(48)58)57-60-55(40-26-24-39(25-27-40)37-14-5-3-6-15-37)59-56(61-57)43-29-28-42-34-50-49-21-10-12-23-53(49)62(54(50)36-45(42)32-43)46-19-13-18-41(33-46)38-16-7-4-8-17-38/h3-36H,1-2H3. The number of hydrogen-bond donors (Lipinski definition) is 0. The fraction of sp³-hybridized carbons (Fsp3) is 0.0517. The van der Waals surface area contributed by atoms with Gasteiger partial charge in [0.15, 0.2) is 17.5 Å². The first kappa shape index (κ1) is 35.9. The Hall–Kier alpha value is -7.95. The number of aromatic nitrogens is 4. The van der Waals surface area contributed by atoms with E-state index in [4.69, 9.17) is 15.0 Å². The molecule has 292 valence electrons. The predicted molar refractivity (Wildman–Crippen MR) is 256 cm³/mol. The van der Waals surface area contributed by atoms with Crippen LogP contribution < -0.4 is 0 Å². The fourth-order valence-corrected chi connectivity index (χ4v) is 9.63. The Bertz CT molecular complexity index is 3530. The third kappa shape index (κ3) is 5.87. The molecule has 2 aromatic heterocycles. The van der Waals surface area contributed by atoms with Crippen molar-refractivity contribution in [1.82, 2.24) is 19.5 Å². The van der Waals surface area contributed by atoms with E-state index in [-0.39, 0.29) is 5.41 Å². The summed E-state index contributed by atoms with van der Waals surface area (Å²) in [7, 11) is 0. The van der Waals surface area contributed by atoms with Gasteiger partial charge in [-0.05, 0) is 97.7 Å². The summed E-state index contributed by atoms with van der Waals surface area (Å²) in [4.78, 5) is 15.7. The maximum atomic E-state index is 5.27. The molecule has 0 saturated carbocycles. The minimum atomic E-state index is -0.150. The number of nitrogens with zero attached hydrogens (tertiary/aromatic N) is 4. The molecule has 4 heteroatoms. The van der Waals surface area contributed by atoms with E-state index in [9.17, 15) is 0 Å². The van der Waals surface area contributed by atoms with Crippen molar-refractivity contribution in [3.8, 4) is 73.2 Å². The summed E-state index contributed by atoms with van der Waals surface area (Å²) in [5.41, 5.74) is 16.0. The van der Waals surface area contributed by atoms with Gasteiger partial charge in [0.25, 0.3) is 0 Å². The van der Waals surface area contributed by atoms with Gasteiger partial charge in [0.05, 0.1) is 11.0 Å². The zero-order valence-electron chi connectivity index (χ0n) is 34.4.